The van der Waals surface area contributed by atoms with Gasteiger partial charge in [0.1, 0.15) is 0 Å². The van der Waals surface area contributed by atoms with E-state index in [9.17, 15) is 0 Å². The molecule has 1 rings (SSSR count). The van der Waals surface area contributed by atoms with Gasteiger partial charge in [-0.05, 0) is 39.3 Å². The van der Waals surface area contributed by atoms with Crippen molar-refractivity contribution >= 4 is 17.2 Å². The van der Waals surface area contributed by atoms with Crippen LogP contribution < -0.4 is 5.73 Å². The molecule has 0 saturated carbocycles. The zero-order valence-electron chi connectivity index (χ0n) is 10.5. The molecule has 16 heavy (non-hydrogen) atoms. The lowest BCUT2D eigenvalue weighted by Gasteiger charge is -2.38. The van der Waals surface area contributed by atoms with Crippen molar-refractivity contribution in [3.05, 3.63) is 0 Å². The maximum absolute atomic E-state index is 5.78. The first kappa shape index (κ1) is 13.9. The monoisotopic (exact) mass is 244 g/mol. The number of nitrogens with zero attached hydrogens (tertiary/aromatic N) is 1. The molecule has 0 aromatic heterocycles. The maximum Gasteiger partial charge on any atom is 0.0788 e. The Kier molecular flexibility index (Phi) is 5.66. The van der Waals surface area contributed by atoms with Crippen LogP contribution in [0, 0.1) is 5.41 Å². The summed E-state index contributed by atoms with van der Waals surface area (Å²) in [6, 6.07) is 0. The van der Waals surface area contributed by atoms with Gasteiger partial charge in [-0.2, -0.15) is 0 Å². The third-order valence-electron chi connectivity index (χ3n) is 3.52. The molecule has 0 atom stereocenters. The lowest BCUT2D eigenvalue weighted by molar-refractivity contribution is 0.115. The molecule has 1 aliphatic rings. The average Bonchev–Trinajstić information content (AvgIpc) is 2.27. The van der Waals surface area contributed by atoms with Crippen molar-refractivity contribution in [2.45, 2.75) is 33.1 Å². The molecule has 3 nitrogen and oxygen atoms in total. The van der Waals surface area contributed by atoms with Crippen LogP contribution in [-0.4, -0.2) is 42.7 Å². The van der Waals surface area contributed by atoms with Gasteiger partial charge in [0.25, 0.3) is 0 Å². The molecule has 0 unspecified atom stereocenters. The lowest BCUT2D eigenvalue weighted by Crippen LogP contribution is -2.45. The minimum absolute atomic E-state index is 0.0890. The number of nitrogens with two attached hydrogens (primary N) is 1. The molecule has 1 heterocycles. The number of rotatable bonds is 6. The summed E-state index contributed by atoms with van der Waals surface area (Å²) in [6.07, 6.45) is 3.31. The summed E-state index contributed by atoms with van der Waals surface area (Å²) in [4.78, 5) is 3.17. The second kappa shape index (κ2) is 6.52. The molecule has 1 aliphatic heterocycles. The highest BCUT2D eigenvalue weighted by Crippen LogP contribution is 2.30. The number of piperidine rings is 1. The maximum atomic E-state index is 5.78. The highest BCUT2D eigenvalue weighted by atomic mass is 32.1. The van der Waals surface area contributed by atoms with E-state index in [4.69, 9.17) is 22.7 Å². The first-order valence-corrected chi connectivity index (χ1v) is 6.59. The summed E-state index contributed by atoms with van der Waals surface area (Å²) in [5.41, 5.74) is 5.87. The van der Waals surface area contributed by atoms with Crippen LogP contribution in [0.3, 0.4) is 0 Å². The lowest BCUT2D eigenvalue weighted by atomic mass is 9.80. The molecule has 1 saturated heterocycles. The third kappa shape index (κ3) is 4.00. The molecule has 0 aromatic rings. The van der Waals surface area contributed by atoms with E-state index in [1.54, 1.807) is 0 Å². The van der Waals surface area contributed by atoms with Crippen molar-refractivity contribution in [2.24, 2.45) is 11.1 Å². The first-order chi connectivity index (χ1) is 7.58. The van der Waals surface area contributed by atoms with Gasteiger partial charge < -0.3 is 15.4 Å². The topological polar surface area (TPSA) is 38.5 Å². The van der Waals surface area contributed by atoms with Crippen molar-refractivity contribution in [3.8, 4) is 0 Å². The molecule has 2 N–H and O–H groups in total. The minimum atomic E-state index is 0.0890. The summed E-state index contributed by atoms with van der Waals surface area (Å²) >= 11 is 5.13. The van der Waals surface area contributed by atoms with Crippen LogP contribution in [0.2, 0.25) is 0 Å². The second-order valence-corrected chi connectivity index (χ2v) is 5.26. The zero-order valence-corrected chi connectivity index (χ0v) is 11.3. The SMILES string of the molecule is CCOCCCN1CCC(C)(C(N)=S)CC1. The van der Waals surface area contributed by atoms with Gasteiger partial charge in [0, 0.05) is 25.2 Å². The molecule has 94 valence electrons. The molecule has 0 aromatic carbocycles. The van der Waals surface area contributed by atoms with Gasteiger partial charge in [-0.25, -0.2) is 0 Å². The van der Waals surface area contributed by atoms with Crippen LogP contribution in [0.25, 0.3) is 0 Å². The van der Waals surface area contributed by atoms with Crippen LogP contribution in [0.15, 0.2) is 0 Å². The second-order valence-electron chi connectivity index (χ2n) is 4.82. The summed E-state index contributed by atoms with van der Waals surface area (Å²) in [5.74, 6) is 0. The van der Waals surface area contributed by atoms with E-state index in [0.717, 1.165) is 52.1 Å². The van der Waals surface area contributed by atoms with Crippen LogP contribution in [-0.2, 0) is 4.74 Å². The molecule has 1 fully saturated rings. The fourth-order valence-corrected chi connectivity index (χ4v) is 2.26. The summed E-state index contributed by atoms with van der Waals surface area (Å²) in [6.45, 7) is 9.27. The standard InChI is InChI=1S/C12H24N2OS/c1-3-15-10-4-7-14-8-5-12(2,6-9-14)11(13)16/h3-10H2,1-2H3,(H2,13,16). The van der Waals surface area contributed by atoms with Gasteiger partial charge in [0.15, 0.2) is 0 Å². The summed E-state index contributed by atoms with van der Waals surface area (Å²) in [5, 5.41) is 0. The Balaban J connectivity index is 2.19. The molecule has 4 heteroatoms. The van der Waals surface area contributed by atoms with E-state index in [1.807, 2.05) is 6.92 Å². The predicted octanol–water partition coefficient (Wildman–Crippen LogP) is 1.80. The smallest absolute Gasteiger partial charge is 0.0788 e. The van der Waals surface area contributed by atoms with E-state index in [0.29, 0.717) is 4.99 Å². The van der Waals surface area contributed by atoms with Gasteiger partial charge in [-0.3, -0.25) is 0 Å². The Morgan fingerprint density at radius 2 is 2.06 bits per heavy atom. The molecular formula is C12H24N2OS. The fraction of sp³-hybridized carbons (Fsp3) is 0.917. The van der Waals surface area contributed by atoms with Crippen molar-refractivity contribution in [3.63, 3.8) is 0 Å². The molecule has 0 radical (unpaired) electrons. The number of thiocarbonyl (C=S) groups is 1. The number of hydrogen-bond acceptors (Lipinski definition) is 3. The highest BCUT2D eigenvalue weighted by molar-refractivity contribution is 7.80. The predicted molar refractivity (Wildman–Crippen MR) is 71.7 cm³/mol. The van der Waals surface area contributed by atoms with Gasteiger partial charge in [-0.15, -0.1) is 0 Å². The van der Waals surface area contributed by atoms with Gasteiger partial charge in [0.05, 0.1) is 4.99 Å². The van der Waals surface area contributed by atoms with Gasteiger partial charge in [-0.1, -0.05) is 19.1 Å². The van der Waals surface area contributed by atoms with Crippen molar-refractivity contribution in [1.29, 1.82) is 0 Å². The average molecular weight is 244 g/mol. The minimum Gasteiger partial charge on any atom is -0.393 e. The number of ether oxygens (including phenoxy) is 1. The third-order valence-corrected chi connectivity index (χ3v) is 4.01. The number of likely N-dealkylation sites (tertiary alicyclic amines) is 1. The Hall–Kier alpha value is -0.190. The van der Waals surface area contributed by atoms with E-state index in [2.05, 4.69) is 11.8 Å². The zero-order chi connectivity index (χ0) is 12.0. The van der Waals surface area contributed by atoms with Crippen LogP contribution in [0.5, 0.6) is 0 Å². The molecular weight excluding hydrogens is 220 g/mol. The largest absolute Gasteiger partial charge is 0.393 e. The van der Waals surface area contributed by atoms with Crippen molar-refractivity contribution in [1.82, 2.24) is 4.90 Å². The van der Waals surface area contributed by atoms with Crippen molar-refractivity contribution < 1.29 is 4.74 Å². The Morgan fingerprint density at radius 1 is 1.44 bits per heavy atom. The normalized spacial score (nSPS) is 20.9. The van der Waals surface area contributed by atoms with E-state index in [-0.39, 0.29) is 5.41 Å². The molecule has 0 amide bonds. The van der Waals surface area contributed by atoms with Crippen LogP contribution in [0.1, 0.15) is 33.1 Å². The quantitative estimate of drug-likeness (QED) is 0.571. The van der Waals surface area contributed by atoms with Crippen LogP contribution >= 0.6 is 12.2 Å². The fourth-order valence-electron chi connectivity index (χ4n) is 2.05. The van der Waals surface area contributed by atoms with Crippen molar-refractivity contribution in [2.75, 3.05) is 32.8 Å². The highest BCUT2D eigenvalue weighted by Gasteiger charge is 2.32. The van der Waals surface area contributed by atoms with E-state index >= 15 is 0 Å². The molecule has 0 spiro atoms. The van der Waals surface area contributed by atoms with E-state index in [1.165, 1.54) is 0 Å². The van der Waals surface area contributed by atoms with Gasteiger partial charge >= 0.3 is 0 Å². The summed E-state index contributed by atoms with van der Waals surface area (Å²) < 4.78 is 5.34. The Morgan fingerprint density at radius 3 is 2.56 bits per heavy atom. The van der Waals surface area contributed by atoms with Crippen LogP contribution in [0.4, 0.5) is 0 Å². The molecule has 0 aliphatic carbocycles. The number of hydrogen-bond donors (Lipinski definition) is 1. The Bertz CT molecular complexity index is 225. The molecule has 0 bridgehead atoms. The first-order valence-electron chi connectivity index (χ1n) is 6.18. The summed E-state index contributed by atoms with van der Waals surface area (Å²) in [7, 11) is 0. The Labute approximate surface area is 104 Å². The van der Waals surface area contributed by atoms with Gasteiger partial charge in [0.2, 0.25) is 0 Å². The van der Waals surface area contributed by atoms with E-state index < -0.39 is 0 Å².